The summed E-state index contributed by atoms with van der Waals surface area (Å²) in [7, 11) is 0. The van der Waals surface area contributed by atoms with E-state index in [4.69, 9.17) is 17.3 Å². The number of rotatable bonds is 2. The zero-order valence-corrected chi connectivity index (χ0v) is 8.97. The lowest BCUT2D eigenvalue weighted by atomic mass is 10.1. The number of hydrogen-bond acceptors (Lipinski definition) is 2. The first kappa shape index (κ1) is 9.55. The van der Waals surface area contributed by atoms with Crippen LogP contribution in [0, 0.1) is 6.92 Å². The van der Waals surface area contributed by atoms with Gasteiger partial charge in [-0.05, 0) is 6.92 Å². The molecule has 1 unspecified atom stereocenters. The second-order valence-electron chi connectivity index (χ2n) is 3.55. The van der Waals surface area contributed by atoms with Crippen molar-refractivity contribution in [3.05, 3.63) is 22.6 Å². The molecule has 2 heterocycles. The maximum atomic E-state index is 6.06. The van der Waals surface area contributed by atoms with Crippen molar-refractivity contribution >= 4 is 17.2 Å². The number of H-pyrrole nitrogens is 1. The van der Waals surface area contributed by atoms with E-state index in [0.717, 1.165) is 17.0 Å². The first-order valence-corrected chi connectivity index (χ1v) is 4.94. The van der Waals surface area contributed by atoms with Crippen LogP contribution in [0.5, 0.6) is 0 Å². The van der Waals surface area contributed by atoms with Crippen LogP contribution in [0.2, 0.25) is 5.02 Å². The molecule has 2 rings (SSSR count). The van der Waals surface area contributed by atoms with Crippen LogP contribution in [-0.2, 0) is 0 Å². The number of aromatic nitrogens is 3. The summed E-state index contributed by atoms with van der Waals surface area (Å²) in [5, 5.41) is 3.79. The Kier molecular flexibility index (Phi) is 2.25. The molecule has 0 aromatic carbocycles. The number of hydrogen-bond donors (Lipinski definition) is 2. The minimum Gasteiger partial charge on any atom is -0.330 e. The predicted octanol–water partition coefficient (Wildman–Crippen LogP) is 1.69. The van der Waals surface area contributed by atoms with Crippen molar-refractivity contribution in [1.82, 2.24) is 14.6 Å². The Hall–Kier alpha value is -1.00. The topological polar surface area (TPSA) is 59.1 Å². The Labute approximate surface area is 87.0 Å². The fourth-order valence-electron chi connectivity index (χ4n) is 1.39. The molecule has 0 amide bonds. The number of halogens is 1. The van der Waals surface area contributed by atoms with Crippen molar-refractivity contribution in [1.29, 1.82) is 0 Å². The molecule has 1 atom stereocenters. The van der Waals surface area contributed by atoms with E-state index in [9.17, 15) is 0 Å². The van der Waals surface area contributed by atoms with Gasteiger partial charge in [-0.3, -0.25) is 5.10 Å². The summed E-state index contributed by atoms with van der Waals surface area (Å²) in [6, 6.07) is 0. The molecular weight excluding hydrogens is 200 g/mol. The first-order chi connectivity index (χ1) is 6.63. The van der Waals surface area contributed by atoms with Crippen LogP contribution in [0.4, 0.5) is 0 Å². The molecule has 0 aliphatic rings. The Morgan fingerprint density at radius 2 is 2.43 bits per heavy atom. The Bertz CT molecular complexity index is 457. The van der Waals surface area contributed by atoms with E-state index in [1.54, 1.807) is 0 Å². The molecule has 0 saturated heterocycles. The summed E-state index contributed by atoms with van der Waals surface area (Å²) in [6.07, 6.45) is 1.94. The molecule has 5 heteroatoms. The Balaban J connectivity index is 2.53. The summed E-state index contributed by atoms with van der Waals surface area (Å²) in [5.74, 6) is 0.264. The molecule has 0 radical (unpaired) electrons. The molecule has 4 nitrogen and oxygen atoms in total. The third-order valence-electron chi connectivity index (χ3n) is 2.40. The van der Waals surface area contributed by atoms with E-state index in [0.29, 0.717) is 11.6 Å². The van der Waals surface area contributed by atoms with Crippen LogP contribution in [0.25, 0.3) is 5.65 Å². The third-order valence-corrected chi connectivity index (χ3v) is 2.85. The number of nitrogens with two attached hydrogens (primary N) is 1. The van der Waals surface area contributed by atoms with E-state index in [1.807, 2.05) is 24.6 Å². The van der Waals surface area contributed by atoms with Crippen LogP contribution < -0.4 is 5.73 Å². The van der Waals surface area contributed by atoms with Gasteiger partial charge in [0.15, 0.2) is 5.65 Å². The fourth-order valence-corrected chi connectivity index (χ4v) is 1.57. The van der Waals surface area contributed by atoms with Gasteiger partial charge in [0.05, 0.1) is 17.6 Å². The largest absolute Gasteiger partial charge is 0.330 e. The Morgan fingerprint density at radius 3 is 3.00 bits per heavy atom. The lowest BCUT2D eigenvalue weighted by Gasteiger charge is -2.01. The average Bonchev–Trinajstić information content (AvgIpc) is 2.68. The van der Waals surface area contributed by atoms with E-state index < -0.39 is 0 Å². The van der Waals surface area contributed by atoms with E-state index >= 15 is 0 Å². The van der Waals surface area contributed by atoms with Crippen molar-refractivity contribution < 1.29 is 0 Å². The van der Waals surface area contributed by atoms with Crippen molar-refractivity contribution in [2.45, 2.75) is 19.8 Å². The minimum absolute atomic E-state index is 0.264. The molecule has 0 fully saturated rings. The SMILES string of the molecule is Cc1[nH]n2cc(C(C)CN)nc2c1Cl. The van der Waals surface area contributed by atoms with Gasteiger partial charge in [-0.2, -0.15) is 0 Å². The lowest BCUT2D eigenvalue weighted by molar-refractivity contribution is 0.749. The van der Waals surface area contributed by atoms with E-state index in [2.05, 4.69) is 10.1 Å². The summed E-state index contributed by atoms with van der Waals surface area (Å²) in [4.78, 5) is 4.42. The monoisotopic (exact) mass is 212 g/mol. The highest BCUT2D eigenvalue weighted by atomic mass is 35.5. The molecule has 0 aliphatic carbocycles. The highest BCUT2D eigenvalue weighted by Crippen LogP contribution is 2.22. The number of fused-ring (bicyclic) bond motifs is 1. The third kappa shape index (κ3) is 1.31. The molecule has 2 aromatic rings. The highest BCUT2D eigenvalue weighted by Gasteiger charge is 2.13. The zero-order chi connectivity index (χ0) is 10.3. The number of imidazole rings is 1. The van der Waals surface area contributed by atoms with Crippen molar-refractivity contribution in [2.24, 2.45) is 5.73 Å². The Morgan fingerprint density at radius 1 is 1.71 bits per heavy atom. The second kappa shape index (κ2) is 3.29. The fraction of sp³-hybridized carbons (Fsp3) is 0.444. The molecule has 0 aliphatic heterocycles. The summed E-state index contributed by atoms with van der Waals surface area (Å²) in [6.45, 7) is 4.56. The van der Waals surface area contributed by atoms with Gasteiger partial charge in [0.1, 0.15) is 5.02 Å². The normalized spacial score (nSPS) is 13.7. The molecule has 0 bridgehead atoms. The number of aromatic amines is 1. The van der Waals surface area contributed by atoms with Gasteiger partial charge in [0, 0.05) is 12.5 Å². The first-order valence-electron chi connectivity index (χ1n) is 4.56. The van der Waals surface area contributed by atoms with Gasteiger partial charge >= 0.3 is 0 Å². The van der Waals surface area contributed by atoms with Crippen LogP contribution in [-0.4, -0.2) is 21.1 Å². The average molecular weight is 213 g/mol. The van der Waals surface area contributed by atoms with Crippen LogP contribution in [0.15, 0.2) is 6.20 Å². The van der Waals surface area contributed by atoms with Crippen molar-refractivity contribution in [3.63, 3.8) is 0 Å². The smallest absolute Gasteiger partial charge is 0.172 e. The van der Waals surface area contributed by atoms with Crippen LogP contribution in [0.3, 0.4) is 0 Å². The van der Waals surface area contributed by atoms with Crippen molar-refractivity contribution in [2.75, 3.05) is 6.54 Å². The van der Waals surface area contributed by atoms with Crippen LogP contribution in [0.1, 0.15) is 24.2 Å². The standard InChI is InChI=1S/C9H13ClN4/c1-5(3-11)7-4-14-9(12-7)8(10)6(2)13-14/h4-5,13H,3,11H2,1-2H3. The minimum atomic E-state index is 0.264. The summed E-state index contributed by atoms with van der Waals surface area (Å²) in [5.41, 5.74) is 8.25. The van der Waals surface area contributed by atoms with Gasteiger partial charge in [-0.1, -0.05) is 18.5 Å². The van der Waals surface area contributed by atoms with Gasteiger partial charge in [-0.25, -0.2) is 9.50 Å². The summed E-state index contributed by atoms with van der Waals surface area (Å²) >= 11 is 6.06. The molecule has 0 spiro atoms. The second-order valence-corrected chi connectivity index (χ2v) is 3.92. The van der Waals surface area contributed by atoms with E-state index in [-0.39, 0.29) is 5.92 Å². The van der Waals surface area contributed by atoms with Gasteiger partial charge in [0.25, 0.3) is 0 Å². The van der Waals surface area contributed by atoms with Gasteiger partial charge in [0.2, 0.25) is 0 Å². The molecule has 2 aromatic heterocycles. The van der Waals surface area contributed by atoms with Crippen molar-refractivity contribution in [3.8, 4) is 0 Å². The quantitative estimate of drug-likeness (QED) is 0.796. The zero-order valence-electron chi connectivity index (χ0n) is 8.21. The summed E-state index contributed by atoms with van der Waals surface area (Å²) < 4.78 is 1.83. The molecular formula is C9H13ClN4. The van der Waals surface area contributed by atoms with E-state index in [1.165, 1.54) is 0 Å². The predicted molar refractivity (Wildman–Crippen MR) is 56.8 cm³/mol. The molecule has 3 N–H and O–H groups in total. The lowest BCUT2D eigenvalue weighted by Crippen LogP contribution is -2.09. The van der Waals surface area contributed by atoms with Gasteiger partial charge in [-0.15, -0.1) is 0 Å². The maximum Gasteiger partial charge on any atom is 0.172 e. The molecule has 76 valence electrons. The molecule has 14 heavy (non-hydrogen) atoms. The van der Waals surface area contributed by atoms with Gasteiger partial charge < -0.3 is 5.73 Å². The maximum absolute atomic E-state index is 6.06. The number of aryl methyl sites for hydroxylation is 1. The highest BCUT2D eigenvalue weighted by molar-refractivity contribution is 6.34. The number of nitrogens with one attached hydrogen (secondary N) is 1. The molecule has 0 saturated carbocycles. The van der Waals surface area contributed by atoms with Crippen LogP contribution >= 0.6 is 11.6 Å². The number of nitrogens with zero attached hydrogens (tertiary/aromatic N) is 2.